The lowest BCUT2D eigenvalue weighted by Gasteiger charge is -2.31. The maximum Gasteiger partial charge on any atom is 0.407 e. The monoisotopic (exact) mass is 715 g/mol. The Balaban J connectivity index is 1.17. The molecule has 49 heavy (non-hydrogen) atoms. The molecule has 0 bridgehead atoms. The van der Waals surface area contributed by atoms with Crippen LogP contribution in [0.4, 0.5) is 9.93 Å². The molecule has 3 aliphatic rings. The van der Waals surface area contributed by atoms with Gasteiger partial charge < -0.3 is 30.0 Å². The number of rotatable bonds is 15. The minimum Gasteiger partial charge on any atom is -0.443 e. The quantitative estimate of drug-likeness (QED) is 0.209. The molecular formula is C35H49N5O7S2. The molecule has 12 nitrogen and oxygen atoms in total. The van der Waals surface area contributed by atoms with Crippen molar-refractivity contribution in [2.45, 2.75) is 81.9 Å². The fraction of sp³-hybridized carbons (Fsp3) is 0.600. The van der Waals surface area contributed by atoms with E-state index in [0.29, 0.717) is 12.6 Å². The van der Waals surface area contributed by atoms with E-state index in [-0.39, 0.29) is 49.1 Å². The number of nitrogens with one attached hydrogen (secondary N) is 2. The average Bonchev–Trinajstić information content (AvgIpc) is 3.88. The van der Waals surface area contributed by atoms with Crippen LogP contribution in [0.25, 0.3) is 10.2 Å². The third-order valence-electron chi connectivity index (χ3n) is 9.66. The van der Waals surface area contributed by atoms with Crippen LogP contribution in [-0.4, -0.2) is 110 Å². The molecular weight excluding hydrogens is 667 g/mol. The molecule has 0 aliphatic carbocycles. The van der Waals surface area contributed by atoms with Gasteiger partial charge in [-0.05, 0) is 68.5 Å². The number of hydrogen-bond donors (Lipinski definition) is 3. The molecule has 14 heteroatoms. The summed E-state index contributed by atoms with van der Waals surface area (Å²) in [5.74, 6) is -0.0472. The van der Waals surface area contributed by atoms with Crippen molar-refractivity contribution >= 4 is 42.8 Å². The number of nitrogens with zero attached hydrogens (tertiary/aromatic N) is 3. The van der Waals surface area contributed by atoms with Crippen LogP contribution in [0.15, 0.2) is 53.4 Å². The van der Waals surface area contributed by atoms with Crippen LogP contribution in [0, 0.1) is 11.8 Å². The minimum atomic E-state index is -4.02. The molecule has 2 aromatic carbocycles. The molecule has 6 atom stereocenters. The standard InChI is InChI=1S/C35H49N5O7S2/c1-4-39-15-8-11-25(39)19-36-34-37-28-13-12-26(18-32(28)48-34)49(43,44)40(20-23(2)3)21-30(41)29(17-24-9-6-5-7-10-24)38-35(42)47-31-22-46-33-27(31)14-16-45-33/h5-7,9-10,12-13,18,23,25,27,29-31,33,41H,4,8,11,14-17,19-22H2,1-3H3,(H,36,37)(H,38,42)/t25-,27+,29+,30-,31+,33-/m1/s1. The van der Waals surface area contributed by atoms with Crippen molar-refractivity contribution in [3.05, 3.63) is 54.1 Å². The van der Waals surface area contributed by atoms with Crippen LogP contribution in [0.5, 0.6) is 0 Å². The van der Waals surface area contributed by atoms with Crippen LogP contribution < -0.4 is 10.6 Å². The number of benzene rings is 2. The molecule has 4 heterocycles. The van der Waals surface area contributed by atoms with Gasteiger partial charge in [-0.15, -0.1) is 0 Å². The molecule has 0 spiro atoms. The molecule has 268 valence electrons. The third kappa shape index (κ3) is 8.73. The summed E-state index contributed by atoms with van der Waals surface area (Å²) in [6.45, 7) is 9.76. The number of hydrogen-bond acceptors (Lipinski definition) is 11. The highest BCUT2D eigenvalue weighted by molar-refractivity contribution is 7.89. The second-order valence-electron chi connectivity index (χ2n) is 13.6. The summed E-state index contributed by atoms with van der Waals surface area (Å²) in [5.41, 5.74) is 1.61. The van der Waals surface area contributed by atoms with Crippen molar-refractivity contribution in [1.82, 2.24) is 19.5 Å². The summed E-state index contributed by atoms with van der Waals surface area (Å²) in [7, 11) is -4.02. The van der Waals surface area contributed by atoms with E-state index in [1.165, 1.54) is 22.1 Å². The second-order valence-corrected chi connectivity index (χ2v) is 16.6. The zero-order chi connectivity index (χ0) is 34.5. The van der Waals surface area contributed by atoms with E-state index in [2.05, 4.69) is 22.5 Å². The van der Waals surface area contributed by atoms with Crippen molar-refractivity contribution in [3.63, 3.8) is 0 Å². The topological polar surface area (TPSA) is 143 Å². The Bertz CT molecular complexity index is 1660. The van der Waals surface area contributed by atoms with Gasteiger partial charge >= 0.3 is 6.09 Å². The number of amides is 1. The van der Waals surface area contributed by atoms with E-state index in [1.807, 2.05) is 44.2 Å². The van der Waals surface area contributed by atoms with E-state index < -0.39 is 34.4 Å². The largest absolute Gasteiger partial charge is 0.443 e. The van der Waals surface area contributed by atoms with Crippen LogP contribution in [0.1, 0.15) is 45.6 Å². The highest BCUT2D eigenvalue weighted by Crippen LogP contribution is 2.33. The third-order valence-corrected chi connectivity index (χ3v) is 12.5. The van der Waals surface area contributed by atoms with Gasteiger partial charge in [0.05, 0.1) is 46.4 Å². The predicted molar refractivity (Wildman–Crippen MR) is 189 cm³/mol. The first-order valence-corrected chi connectivity index (χ1v) is 19.7. The first-order chi connectivity index (χ1) is 23.6. The van der Waals surface area contributed by atoms with Crippen molar-refractivity contribution in [3.8, 4) is 0 Å². The van der Waals surface area contributed by atoms with Gasteiger partial charge in [0.1, 0.15) is 6.10 Å². The lowest BCUT2D eigenvalue weighted by molar-refractivity contribution is -0.0907. The SMILES string of the molecule is CCN1CCC[C@@H]1CNc1nc2ccc(S(=O)(=O)N(CC(C)C)C[C@@H](O)[C@H](Cc3ccccc3)NC(=O)O[C@H]3CO[C@H]4OCC[C@H]43)cc2s1. The van der Waals surface area contributed by atoms with Crippen LogP contribution in [0.3, 0.4) is 0 Å². The number of thiazole rings is 1. The smallest absolute Gasteiger partial charge is 0.407 e. The lowest BCUT2D eigenvalue weighted by atomic mass is 10.0. The number of anilines is 1. The van der Waals surface area contributed by atoms with Crippen LogP contribution in [-0.2, 0) is 30.7 Å². The number of likely N-dealkylation sites (N-methyl/N-ethyl adjacent to an activating group) is 1. The van der Waals surface area contributed by atoms with Crippen LogP contribution in [0.2, 0.25) is 0 Å². The molecule has 3 fully saturated rings. The number of aliphatic hydroxyl groups excluding tert-OH is 1. The van der Waals surface area contributed by atoms with Gasteiger partial charge in [0, 0.05) is 25.7 Å². The number of ether oxygens (including phenoxy) is 3. The molecule has 3 aromatic rings. The first-order valence-electron chi connectivity index (χ1n) is 17.4. The Labute approximate surface area is 293 Å². The van der Waals surface area contributed by atoms with E-state index in [4.69, 9.17) is 19.2 Å². The molecule has 0 saturated carbocycles. The van der Waals surface area contributed by atoms with Gasteiger partial charge in [-0.2, -0.15) is 4.31 Å². The number of aliphatic hydroxyl groups is 1. The number of likely N-dealkylation sites (tertiary alicyclic amines) is 1. The summed E-state index contributed by atoms with van der Waals surface area (Å²) in [6, 6.07) is 14.1. The first kappa shape index (κ1) is 36.0. The molecule has 0 radical (unpaired) electrons. The van der Waals surface area contributed by atoms with Crippen molar-refractivity contribution < 1.29 is 32.5 Å². The summed E-state index contributed by atoms with van der Waals surface area (Å²) < 4.78 is 47.4. The zero-order valence-corrected chi connectivity index (χ0v) is 30.1. The van der Waals surface area contributed by atoms with Gasteiger partial charge in [0.25, 0.3) is 0 Å². The molecule has 1 amide bonds. The van der Waals surface area contributed by atoms with Gasteiger partial charge in [0.2, 0.25) is 10.0 Å². The second kappa shape index (κ2) is 16.0. The van der Waals surface area contributed by atoms with E-state index in [9.17, 15) is 18.3 Å². The molecule has 3 aliphatic heterocycles. The Morgan fingerprint density at radius 3 is 2.76 bits per heavy atom. The fourth-order valence-electron chi connectivity index (χ4n) is 7.07. The molecule has 3 saturated heterocycles. The van der Waals surface area contributed by atoms with Crippen LogP contribution >= 0.6 is 11.3 Å². The lowest BCUT2D eigenvalue weighted by Crippen LogP contribution is -2.51. The highest BCUT2D eigenvalue weighted by atomic mass is 32.2. The zero-order valence-electron chi connectivity index (χ0n) is 28.5. The van der Waals surface area contributed by atoms with Crippen molar-refractivity contribution in [2.24, 2.45) is 11.8 Å². The maximum absolute atomic E-state index is 14.2. The summed E-state index contributed by atoms with van der Waals surface area (Å²) in [5, 5.41) is 18.7. The minimum absolute atomic E-state index is 0.0161. The van der Waals surface area contributed by atoms with Crippen molar-refractivity contribution in [2.75, 3.05) is 51.3 Å². The molecule has 3 N–H and O–H groups in total. The molecule has 1 aromatic heterocycles. The summed E-state index contributed by atoms with van der Waals surface area (Å²) in [6.07, 6.45) is 0.634. The van der Waals surface area contributed by atoms with Gasteiger partial charge in [-0.1, -0.05) is 62.4 Å². The Morgan fingerprint density at radius 2 is 1.98 bits per heavy atom. The number of alkyl carbamates (subject to hydrolysis) is 1. The normalized spacial score (nSPS) is 24.0. The highest BCUT2D eigenvalue weighted by Gasteiger charge is 2.44. The van der Waals surface area contributed by atoms with Crippen molar-refractivity contribution in [1.29, 1.82) is 0 Å². The number of carbonyl (C=O) groups excluding carboxylic acids is 1. The maximum atomic E-state index is 14.2. The van der Waals surface area contributed by atoms with E-state index in [1.54, 1.807) is 18.2 Å². The summed E-state index contributed by atoms with van der Waals surface area (Å²) in [4.78, 5) is 20.5. The molecule has 6 rings (SSSR count). The Morgan fingerprint density at radius 1 is 1.16 bits per heavy atom. The number of sulfonamides is 1. The fourth-order valence-corrected chi connectivity index (χ4v) is 9.71. The van der Waals surface area contributed by atoms with Gasteiger partial charge in [-0.25, -0.2) is 18.2 Å². The van der Waals surface area contributed by atoms with Gasteiger partial charge in [-0.3, -0.25) is 4.90 Å². The Hall–Kier alpha value is -2.85. The summed E-state index contributed by atoms with van der Waals surface area (Å²) >= 11 is 1.44. The van der Waals surface area contributed by atoms with E-state index in [0.717, 1.165) is 53.4 Å². The molecule has 0 unspecified atom stereocenters. The Kier molecular flexibility index (Phi) is 11.7. The number of aromatic nitrogens is 1. The number of fused-ring (bicyclic) bond motifs is 2. The predicted octanol–water partition coefficient (Wildman–Crippen LogP) is 4.30. The van der Waals surface area contributed by atoms with E-state index >= 15 is 0 Å². The number of carbonyl (C=O) groups is 1. The average molecular weight is 716 g/mol. The van der Waals surface area contributed by atoms with Gasteiger partial charge in [0.15, 0.2) is 11.4 Å².